The normalized spacial score (nSPS) is 9.50. The van der Waals surface area contributed by atoms with Crippen molar-refractivity contribution in [2.45, 2.75) is 39.0 Å². The maximum absolute atomic E-state index is 11.0. The summed E-state index contributed by atoms with van der Waals surface area (Å²) in [5.74, 6) is -0.193. The van der Waals surface area contributed by atoms with Crippen LogP contribution in [0.3, 0.4) is 0 Å². The maximum Gasteiger partial charge on any atom is 0.244 e. The van der Waals surface area contributed by atoms with E-state index in [4.69, 9.17) is 0 Å². The molecule has 0 aliphatic carbocycles. The first kappa shape index (κ1) is 11.1. The zero-order valence-corrected chi connectivity index (χ0v) is 7.75. The first-order valence-electron chi connectivity index (χ1n) is 4.32. The van der Waals surface area contributed by atoms with E-state index in [2.05, 4.69) is 12.2 Å². The van der Waals surface area contributed by atoms with Crippen molar-refractivity contribution < 1.29 is 4.79 Å². The Balaban J connectivity index is 3.37. The molecule has 0 saturated carbocycles. The van der Waals surface area contributed by atoms with E-state index in [1.165, 1.54) is 7.05 Å². The van der Waals surface area contributed by atoms with Gasteiger partial charge in [-0.15, -0.1) is 4.91 Å². The van der Waals surface area contributed by atoms with Crippen LogP contribution in [0.5, 0.6) is 0 Å². The molecule has 70 valence electrons. The predicted molar refractivity (Wildman–Crippen MR) is 47.3 cm³/mol. The van der Waals surface area contributed by atoms with Gasteiger partial charge < -0.3 is 0 Å². The van der Waals surface area contributed by atoms with Gasteiger partial charge >= 0.3 is 0 Å². The smallest absolute Gasteiger partial charge is 0.244 e. The molecule has 0 aromatic rings. The van der Waals surface area contributed by atoms with Crippen molar-refractivity contribution in [1.82, 2.24) is 5.01 Å². The van der Waals surface area contributed by atoms with Crippen molar-refractivity contribution in [2.75, 3.05) is 7.05 Å². The molecular weight excluding hydrogens is 156 g/mol. The Labute approximate surface area is 72.9 Å². The molecule has 0 fully saturated rings. The van der Waals surface area contributed by atoms with Crippen LogP contribution in [0.2, 0.25) is 0 Å². The van der Waals surface area contributed by atoms with E-state index in [0.717, 1.165) is 30.7 Å². The SMILES string of the molecule is CCCCCCC(=O)N(C)N=O. The summed E-state index contributed by atoms with van der Waals surface area (Å²) in [4.78, 5) is 20.9. The third kappa shape index (κ3) is 4.82. The van der Waals surface area contributed by atoms with Crippen molar-refractivity contribution in [3.8, 4) is 0 Å². The summed E-state index contributed by atoms with van der Waals surface area (Å²) in [6, 6.07) is 0. The number of rotatable bonds is 6. The van der Waals surface area contributed by atoms with Crippen LogP contribution in [0.4, 0.5) is 0 Å². The molecule has 0 radical (unpaired) electrons. The van der Waals surface area contributed by atoms with Gasteiger partial charge in [-0.2, -0.15) is 0 Å². The number of nitrogens with zero attached hydrogens (tertiary/aromatic N) is 2. The quantitative estimate of drug-likeness (QED) is 0.350. The minimum absolute atomic E-state index is 0.193. The summed E-state index contributed by atoms with van der Waals surface area (Å²) in [5, 5.41) is 3.37. The summed E-state index contributed by atoms with van der Waals surface area (Å²) >= 11 is 0. The number of unbranched alkanes of at least 4 members (excludes halogenated alkanes) is 3. The molecule has 4 nitrogen and oxygen atoms in total. The Bertz CT molecular complexity index is 148. The summed E-state index contributed by atoms with van der Waals surface area (Å²) < 4.78 is 0. The number of carbonyl (C=O) groups is 1. The molecule has 0 saturated heterocycles. The van der Waals surface area contributed by atoms with Gasteiger partial charge in [-0.3, -0.25) is 4.79 Å². The molecule has 12 heavy (non-hydrogen) atoms. The van der Waals surface area contributed by atoms with Gasteiger partial charge in [0, 0.05) is 13.5 Å². The number of hydrogen-bond donors (Lipinski definition) is 0. The second-order valence-electron chi connectivity index (χ2n) is 2.81. The number of amides is 1. The topological polar surface area (TPSA) is 49.7 Å². The van der Waals surface area contributed by atoms with Gasteiger partial charge in [-0.25, -0.2) is 5.01 Å². The van der Waals surface area contributed by atoms with E-state index in [-0.39, 0.29) is 5.91 Å². The minimum atomic E-state index is -0.193. The minimum Gasteiger partial charge on any atom is -0.273 e. The molecular formula is C8H16N2O2. The van der Waals surface area contributed by atoms with Gasteiger partial charge in [0.15, 0.2) is 0 Å². The first-order valence-corrected chi connectivity index (χ1v) is 4.32. The third-order valence-electron chi connectivity index (χ3n) is 1.73. The van der Waals surface area contributed by atoms with E-state index >= 15 is 0 Å². The Hall–Kier alpha value is -0.930. The van der Waals surface area contributed by atoms with Crippen molar-refractivity contribution in [2.24, 2.45) is 5.29 Å². The average Bonchev–Trinajstić information content (AvgIpc) is 2.10. The van der Waals surface area contributed by atoms with Crippen LogP contribution in [0.15, 0.2) is 5.29 Å². The van der Waals surface area contributed by atoms with Gasteiger partial charge in [0.05, 0.1) is 5.29 Å². The maximum atomic E-state index is 11.0. The molecule has 0 bridgehead atoms. The molecule has 0 aliphatic heterocycles. The molecule has 0 unspecified atom stereocenters. The van der Waals surface area contributed by atoms with E-state index in [9.17, 15) is 9.70 Å². The van der Waals surface area contributed by atoms with Gasteiger partial charge in [0.1, 0.15) is 0 Å². The molecule has 0 spiro atoms. The third-order valence-corrected chi connectivity index (χ3v) is 1.73. The van der Waals surface area contributed by atoms with Gasteiger partial charge in [0.25, 0.3) is 0 Å². The van der Waals surface area contributed by atoms with Crippen LogP contribution in [0.1, 0.15) is 39.0 Å². The fraction of sp³-hybridized carbons (Fsp3) is 0.875. The second-order valence-corrected chi connectivity index (χ2v) is 2.81. The monoisotopic (exact) mass is 172 g/mol. The molecule has 4 heteroatoms. The molecule has 0 heterocycles. The standard InChI is InChI=1S/C8H16N2O2/c1-3-4-5-6-7-8(11)10(2)9-12/h3-7H2,1-2H3. The fourth-order valence-electron chi connectivity index (χ4n) is 0.910. The number of carbonyl (C=O) groups excluding carboxylic acids is 1. The lowest BCUT2D eigenvalue weighted by atomic mass is 10.1. The molecule has 0 atom stereocenters. The van der Waals surface area contributed by atoms with Gasteiger partial charge in [-0.1, -0.05) is 26.2 Å². The second kappa shape index (κ2) is 6.76. The molecule has 1 amide bonds. The fourth-order valence-corrected chi connectivity index (χ4v) is 0.910. The van der Waals surface area contributed by atoms with Gasteiger partial charge in [0.2, 0.25) is 5.91 Å². The van der Waals surface area contributed by atoms with Crippen molar-refractivity contribution in [1.29, 1.82) is 0 Å². The highest BCUT2D eigenvalue weighted by Gasteiger charge is 2.06. The van der Waals surface area contributed by atoms with Crippen LogP contribution in [-0.4, -0.2) is 18.0 Å². The van der Waals surface area contributed by atoms with E-state index in [0.29, 0.717) is 6.42 Å². The van der Waals surface area contributed by atoms with E-state index in [1.54, 1.807) is 0 Å². The van der Waals surface area contributed by atoms with E-state index in [1.807, 2.05) is 0 Å². The first-order chi connectivity index (χ1) is 5.72. The number of nitroso groups, excluding NO2 is 1. The van der Waals surface area contributed by atoms with Crippen LogP contribution in [0.25, 0.3) is 0 Å². The summed E-state index contributed by atoms with van der Waals surface area (Å²) in [7, 11) is 1.38. The lowest BCUT2D eigenvalue weighted by Gasteiger charge is -2.05. The zero-order chi connectivity index (χ0) is 9.40. The van der Waals surface area contributed by atoms with Crippen LogP contribution < -0.4 is 0 Å². The van der Waals surface area contributed by atoms with Crippen LogP contribution >= 0.6 is 0 Å². The zero-order valence-electron chi connectivity index (χ0n) is 7.75. The molecule has 0 aliphatic rings. The number of hydrogen-bond acceptors (Lipinski definition) is 3. The lowest BCUT2D eigenvalue weighted by Crippen LogP contribution is -2.19. The van der Waals surface area contributed by atoms with Crippen LogP contribution in [0, 0.1) is 4.91 Å². The molecule has 0 N–H and O–H groups in total. The average molecular weight is 172 g/mol. The van der Waals surface area contributed by atoms with Crippen LogP contribution in [-0.2, 0) is 4.79 Å². The Morgan fingerprint density at radius 1 is 1.33 bits per heavy atom. The van der Waals surface area contributed by atoms with Gasteiger partial charge in [-0.05, 0) is 6.42 Å². The Kier molecular flexibility index (Phi) is 6.24. The predicted octanol–water partition coefficient (Wildman–Crippen LogP) is 2.10. The van der Waals surface area contributed by atoms with Crippen molar-refractivity contribution in [3.63, 3.8) is 0 Å². The lowest BCUT2D eigenvalue weighted by molar-refractivity contribution is -0.130. The van der Waals surface area contributed by atoms with E-state index < -0.39 is 0 Å². The van der Waals surface area contributed by atoms with Crippen molar-refractivity contribution >= 4 is 5.91 Å². The Morgan fingerprint density at radius 2 is 2.00 bits per heavy atom. The Morgan fingerprint density at radius 3 is 2.50 bits per heavy atom. The summed E-state index contributed by atoms with van der Waals surface area (Å²) in [6.07, 6.45) is 4.63. The van der Waals surface area contributed by atoms with Crippen molar-refractivity contribution in [3.05, 3.63) is 4.91 Å². The molecule has 0 rings (SSSR count). The highest BCUT2D eigenvalue weighted by atomic mass is 16.3. The largest absolute Gasteiger partial charge is 0.273 e. The summed E-state index contributed by atoms with van der Waals surface area (Å²) in [6.45, 7) is 2.11. The highest BCUT2D eigenvalue weighted by molar-refractivity contribution is 5.75. The summed E-state index contributed by atoms with van der Waals surface area (Å²) in [5.41, 5.74) is 0. The molecule has 0 aromatic carbocycles. The highest BCUT2D eigenvalue weighted by Crippen LogP contribution is 2.04. The molecule has 0 aromatic heterocycles.